The summed E-state index contributed by atoms with van der Waals surface area (Å²) in [6.07, 6.45) is 4.88. The Balaban J connectivity index is 1.79. The molecule has 0 N–H and O–H groups in total. The van der Waals surface area contributed by atoms with Crippen LogP contribution in [0.2, 0.25) is 0 Å². The Labute approximate surface area is 125 Å². The number of amides is 1. The molecule has 3 rings (SSSR count). The van der Waals surface area contributed by atoms with E-state index in [1.807, 2.05) is 12.3 Å². The predicted molar refractivity (Wildman–Crippen MR) is 83.4 cm³/mol. The molecule has 2 aliphatic heterocycles. The number of rotatable bonds is 3. The molecule has 2 aliphatic rings. The van der Waals surface area contributed by atoms with Crippen LogP contribution in [-0.2, 0) is 0 Å². The molecule has 0 unspecified atom stereocenters. The highest BCUT2D eigenvalue weighted by Crippen LogP contribution is 2.32. The summed E-state index contributed by atoms with van der Waals surface area (Å²) >= 11 is 1.59. The van der Waals surface area contributed by atoms with Crippen molar-refractivity contribution in [2.45, 2.75) is 51.6 Å². The first-order chi connectivity index (χ1) is 9.72. The molecule has 0 radical (unpaired) electrons. The van der Waals surface area contributed by atoms with Gasteiger partial charge in [0, 0.05) is 18.6 Å². The maximum absolute atomic E-state index is 12.8. The summed E-state index contributed by atoms with van der Waals surface area (Å²) in [7, 11) is 0. The number of nitrogens with zero attached hydrogens (tertiary/aromatic N) is 2. The van der Waals surface area contributed by atoms with E-state index in [4.69, 9.17) is 0 Å². The van der Waals surface area contributed by atoms with Gasteiger partial charge in [-0.1, -0.05) is 6.92 Å². The molecular weight excluding hydrogens is 268 g/mol. The van der Waals surface area contributed by atoms with Crippen LogP contribution in [0.1, 0.15) is 47.8 Å². The molecule has 0 spiro atoms. The molecule has 0 bridgehead atoms. The summed E-state index contributed by atoms with van der Waals surface area (Å²) in [6, 6.07) is 3.08. The fraction of sp³-hybridized carbons (Fsp3) is 0.688. The van der Waals surface area contributed by atoms with Gasteiger partial charge in [0.05, 0.1) is 4.88 Å². The molecule has 1 aromatic heterocycles. The van der Waals surface area contributed by atoms with Crippen LogP contribution in [0.4, 0.5) is 0 Å². The molecule has 1 amide bonds. The third-order valence-corrected chi connectivity index (χ3v) is 5.89. The van der Waals surface area contributed by atoms with E-state index in [9.17, 15) is 4.79 Å². The Morgan fingerprint density at radius 2 is 2.05 bits per heavy atom. The van der Waals surface area contributed by atoms with Crippen LogP contribution < -0.4 is 0 Å². The average molecular weight is 292 g/mol. The first-order valence-corrected chi connectivity index (χ1v) is 8.69. The maximum Gasteiger partial charge on any atom is 0.264 e. The first kappa shape index (κ1) is 14.1. The number of thiophene rings is 1. The van der Waals surface area contributed by atoms with Crippen LogP contribution in [0, 0.1) is 6.92 Å². The summed E-state index contributed by atoms with van der Waals surface area (Å²) in [5.41, 5.74) is 1.13. The molecular formula is C16H24N2OS. The fourth-order valence-corrected chi connectivity index (χ4v) is 4.73. The van der Waals surface area contributed by atoms with Crippen molar-refractivity contribution >= 4 is 17.2 Å². The standard InChI is InChI=1S/C16H24N2OS/c1-3-17-9-4-6-13(17)14-7-5-10-18(14)16(19)15-12(2)8-11-20-15/h8,11,13-14H,3-7,9-10H2,1-2H3/t13-,14-/m1/s1. The number of carbonyl (C=O) groups is 1. The van der Waals surface area contributed by atoms with Crippen molar-refractivity contribution in [3.05, 3.63) is 21.9 Å². The SMILES string of the molecule is CCN1CCC[C@@H]1[C@H]1CCCN1C(=O)c1sccc1C. The lowest BCUT2D eigenvalue weighted by atomic mass is 10.0. The second kappa shape index (κ2) is 5.86. The molecule has 20 heavy (non-hydrogen) atoms. The zero-order valence-corrected chi connectivity index (χ0v) is 13.3. The van der Waals surface area contributed by atoms with Gasteiger partial charge in [-0.2, -0.15) is 0 Å². The molecule has 4 heteroatoms. The quantitative estimate of drug-likeness (QED) is 0.854. The molecule has 2 saturated heterocycles. The van der Waals surface area contributed by atoms with E-state index in [2.05, 4.69) is 22.8 Å². The lowest BCUT2D eigenvalue weighted by Crippen LogP contribution is -2.48. The van der Waals surface area contributed by atoms with E-state index in [1.54, 1.807) is 11.3 Å². The van der Waals surface area contributed by atoms with Crippen molar-refractivity contribution in [3.8, 4) is 0 Å². The second-order valence-electron chi connectivity index (χ2n) is 5.98. The summed E-state index contributed by atoms with van der Waals surface area (Å²) in [4.78, 5) is 18.5. The van der Waals surface area contributed by atoms with Gasteiger partial charge in [-0.3, -0.25) is 9.69 Å². The normalized spacial score (nSPS) is 27.4. The summed E-state index contributed by atoms with van der Waals surface area (Å²) in [5, 5.41) is 2.03. The number of likely N-dealkylation sites (N-methyl/N-ethyl adjacent to an activating group) is 1. The monoisotopic (exact) mass is 292 g/mol. The van der Waals surface area contributed by atoms with E-state index in [1.165, 1.54) is 25.8 Å². The van der Waals surface area contributed by atoms with Crippen LogP contribution in [-0.4, -0.2) is 47.4 Å². The third-order valence-electron chi connectivity index (χ3n) is 4.88. The number of likely N-dealkylation sites (tertiary alicyclic amines) is 2. The molecule has 110 valence electrons. The zero-order valence-electron chi connectivity index (χ0n) is 12.5. The van der Waals surface area contributed by atoms with Crippen LogP contribution >= 0.6 is 11.3 Å². The van der Waals surface area contributed by atoms with E-state index in [-0.39, 0.29) is 5.91 Å². The molecule has 1 aromatic rings. The van der Waals surface area contributed by atoms with E-state index in [0.29, 0.717) is 12.1 Å². The second-order valence-corrected chi connectivity index (χ2v) is 6.90. The van der Waals surface area contributed by atoms with Crippen LogP contribution in [0.3, 0.4) is 0 Å². The van der Waals surface area contributed by atoms with Crippen molar-refractivity contribution in [1.82, 2.24) is 9.80 Å². The Morgan fingerprint density at radius 3 is 2.75 bits per heavy atom. The lowest BCUT2D eigenvalue weighted by molar-refractivity contribution is 0.0654. The highest BCUT2D eigenvalue weighted by molar-refractivity contribution is 7.12. The molecule has 3 heterocycles. The van der Waals surface area contributed by atoms with Gasteiger partial charge in [0.15, 0.2) is 0 Å². The van der Waals surface area contributed by atoms with Gasteiger partial charge >= 0.3 is 0 Å². The summed E-state index contributed by atoms with van der Waals surface area (Å²) < 4.78 is 0. The van der Waals surface area contributed by atoms with Gasteiger partial charge in [-0.15, -0.1) is 11.3 Å². The Bertz CT molecular complexity index is 485. The van der Waals surface area contributed by atoms with Gasteiger partial charge in [0.25, 0.3) is 5.91 Å². The minimum atomic E-state index is 0.267. The van der Waals surface area contributed by atoms with E-state index < -0.39 is 0 Å². The molecule has 3 nitrogen and oxygen atoms in total. The third kappa shape index (κ3) is 2.40. The number of hydrogen-bond acceptors (Lipinski definition) is 3. The fourth-order valence-electron chi connectivity index (χ4n) is 3.85. The zero-order chi connectivity index (χ0) is 14.1. The van der Waals surface area contributed by atoms with Crippen LogP contribution in [0.5, 0.6) is 0 Å². The molecule has 0 aliphatic carbocycles. The summed E-state index contributed by atoms with van der Waals surface area (Å²) in [6.45, 7) is 7.54. The van der Waals surface area contributed by atoms with Gasteiger partial charge in [-0.25, -0.2) is 0 Å². The Hall–Kier alpha value is -0.870. The first-order valence-electron chi connectivity index (χ1n) is 7.81. The smallest absolute Gasteiger partial charge is 0.264 e. The van der Waals surface area contributed by atoms with Crippen LogP contribution in [0.15, 0.2) is 11.4 Å². The van der Waals surface area contributed by atoms with Crippen molar-refractivity contribution < 1.29 is 4.79 Å². The number of carbonyl (C=O) groups excluding carboxylic acids is 1. The predicted octanol–water partition coefficient (Wildman–Crippen LogP) is 3.15. The Kier molecular flexibility index (Phi) is 4.13. The minimum Gasteiger partial charge on any atom is -0.333 e. The Morgan fingerprint density at radius 1 is 1.30 bits per heavy atom. The molecule has 0 saturated carbocycles. The van der Waals surface area contributed by atoms with Crippen molar-refractivity contribution in [1.29, 1.82) is 0 Å². The minimum absolute atomic E-state index is 0.267. The van der Waals surface area contributed by atoms with Gasteiger partial charge in [0.1, 0.15) is 0 Å². The highest BCUT2D eigenvalue weighted by Gasteiger charge is 2.39. The van der Waals surface area contributed by atoms with Crippen molar-refractivity contribution in [2.24, 2.45) is 0 Å². The van der Waals surface area contributed by atoms with Crippen molar-refractivity contribution in [3.63, 3.8) is 0 Å². The number of aryl methyl sites for hydroxylation is 1. The lowest BCUT2D eigenvalue weighted by Gasteiger charge is -2.34. The summed E-state index contributed by atoms with van der Waals surface area (Å²) in [5.74, 6) is 0.267. The maximum atomic E-state index is 12.8. The number of hydrogen-bond donors (Lipinski definition) is 0. The van der Waals surface area contributed by atoms with Gasteiger partial charge in [0.2, 0.25) is 0 Å². The average Bonchev–Trinajstić information content (AvgIpc) is 3.17. The largest absolute Gasteiger partial charge is 0.333 e. The molecule has 2 fully saturated rings. The van der Waals surface area contributed by atoms with E-state index in [0.717, 1.165) is 30.0 Å². The molecule has 2 atom stereocenters. The van der Waals surface area contributed by atoms with Gasteiger partial charge < -0.3 is 4.90 Å². The van der Waals surface area contributed by atoms with E-state index >= 15 is 0 Å². The van der Waals surface area contributed by atoms with Crippen molar-refractivity contribution in [2.75, 3.05) is 19.6 Å². The highest BCUT2D eigenvalue weighted by atomic mass is 32.1. The topological polar surface area (TPSA) is 23.6 Å². The van der Waals surface area contributed by atoms with Gasteiger partial charge in [-0.05, 0) is 62.7 Å². The molecule has 0 aromatic carbocycles. The van der Waals surface area contributed by atoms with Crippen LogP contribution in [0.25, 0.3) is 0 Å².